The number of rotatable bonds is 8. The van der Waals surface area contributed by atoms with E-state index in [1.165, 1.54) is 0 Å². The molecule has 2 heterocycles. The second-order valence-electron chi connectivity index (χ2n) is 5.70. The van der Waals surface area contributed by atoms with Crippen molar-refractivity contribution in [2.24, 2.45) is 10.9 Å². The van der Waals surface area contributed by atoms with Gasteiger partial charge in [-0.3, -0.25) is 9.39 Å². The van der Waals surface area contributed by atoms with Gasteiger partial charge in [0.05, 0.1) is 18.3 Å². The Balaban J connectivity index is 0.00000288. The van der Waals surface area contributed by atoms with Crippen LogP contribution in [0.5, 0.6) is 0 Å². The summed E-state index contributed by atoms with van der Waals surface area (Å²) in [5.41, 5.74) is 1.01. The molecule has 0 spiro atoms. The van der Waals surface area contributed by atoms with E-state index in [0.29, 0.717) is 12.5 Å². The minimum absolute atomic E-state index is 0. The molecular weight excluding hydrogens is 437 g/mol. The molecule has 1 unspecified atom stereocenters. The van der Waals surface area contributed by atoms with Crippen LogP contribution < -0.4 is 10.6 Å². The molecule has 0 aliphatic rings. The zero-order chi connectivity index (χ0) is 16.7. The first-order valence-corrected chi connectivity index (χ1v) is 8.99. The number of aliphatic imine (C=N–C) groups is 1. The van der Waals surface area contributed by atoms with E-state index >= 15 is 0 Å². The van der Waals surface area contributed by atoms with Gasteiger partial charge >= 0.3 is 0 Å². The summed E-state index contributed by atoms with van der Waals surface area (Å²) in [6.45, 7) is 8.68. The summed E-state index contributed by atoms with van der Waals surface area (Å²) in [4.78, 5) is 9.82. The Morgan fingerprint density at radius 2 is 2.21 bits per heavy atom. The number of nitrogens with one attached hydrogen (secondary N) is 2. The van der Waals surface area contributed by atoms with Gasteiger partial charge in [0.15, 0.2) is 10.9 Å². The number of thiazole rings is 1. The predicted molar refractivity (Wildman–Crippen MR) is 112 cm³/mol. The molecule has 8 heteroatoms. The van der Waals surface area contributed by atoms with Crippen molar-refractivity contribution in [2.45, 2.75) is 39.8 Å². The van der Waals surface area contributed by atoms with Gasteiger partial charge in [-0.1, -0.05) is 13.8 Å². The minimum Gasteiger partial charge on any atom is -0.378 e. The number of ether oxygens (including phenoxy) is 1. The Morgan fingerprint density at radius 3 is 2.83 bits per heavy atom. The van der Waals surface area contributed by atoms with Crippen molar-refractivity contribution in [1.82, 2.24) is 20.0 Å². The summed E-state index contributed by atoms with van der Waals surface area (Å²) < 4.78 is 7.80. The molecule has 2 aromatic rings. The number of imidazole rings is 1. The molecular formula is C16H28IN5OS. The van der Waals surface area contributed by atoms with Crippen LogP contribution in [0.3, 0.4) is 0 Å². The number of guanidine groups is 1. The van der Waals surface area contributed by atoms with Gasteiger partial charge in [0, 0.05) is 38.0 Å². The fourth-order valence-electron chi connectivity index (χ4n) is 2.41. The van der Waals surface area contributed by atoms with Gasteiger partial charge in [-0.05, 0) is 19.3 Å². The molecule has 24 heavy (non-hydrogen) atoms. The van der Waals surface area contributed by atoms with Crippen LogP contribution in [-0.2, 0) is 11.3 Å². The van der Waals surface area contributed by atoms with Crippen molar-refractivity contribution in [3.05, 3.63) is 23.5 Å². The van der Waals surface area contributed by atoms with Crippen molar-refractivity contribution in [2.75, 3.05) is 20.2 Å². The molecule has 0 saturated carbocycles. The number of aromatic nitrogens is 2. The Morgan fingerprint density at radius 1 is 1.42 bits per heavy atom. The predicted octanol–water partition coefficient (Wildman–Crippen LogP) is 3.13. The van der Waals surface area contributed by atoms with Crippen LogP contribution in [0.4, 0.5) is 0 Å². The van der Waals surface area contributed by atoms with Crippen molar-refractivity contribution in [1.29, 1.82) is 0 Å². The summed E-state index contributed by atoms with van der Waals surface area (Å²) in [5, 5.41) is 8.67. The molecule has 0 aliphatic heterocycles. The third-order valence-electron chi connectivity index (χ3n) is 3.65. The lowest BCUT2D eigenvalue weighted by molar-refractivity contribution is 0.0258. The average molecular weight is 465 g/mol. The summed E-state index contributed by atoms with van der Waals surface area (Å²) in [5.74, 6) is 1.31. The highest BCUT2D eigenvalue weighted by Gasteiger charge is 2.13. The first kappa shape index (κ1) is 21.2. The monoisotopic (exact) mass is 465 g/mol. The Labute approximate surface area is 165 Å². The maximum Gasteiger partial charge on any atom is 0.193 e. The molecule has 0 fully saturated rings. The molecule has 0 aromatic carbocycles. The average Bonchev–Trinajstić information content (AvgIpc) is 3.10. The smallest absolute Gasteiger partial charge is 0.193 e. The van der Waals surface area contributed by atoms with Gasteiger partial charge in [0.1, 0.15) is 0 Å². The van der Waals surface area contributed by atoms with Gasteiger partial charge in [0.2, 0.25) is 0 Å². The van der Waals surface area contributed by atoms with E-state index < -0.39 is 0 Å². The molecule has 6 nitrogen and oxygen atoms in total. The Kier molecular flexibility index (Phi) is 9.60. The highest BCUT2D eigenvalue weighted by molar-refractivity contribution is 14.0. The quantitative estimate of drug-likeness (QED) is 0.357. The lowest BCUT2D eigenvalue weighted by atomic mass is 10.0. The number of hydrogen-bond acceptors (Lipinski definition) is 4. The molecule has 0 bridgehead atoms. The molecule has 1 atom stereocenters. The molecule has 2 rings (SSSR count). The van der Waals surface area contributed by atoms with Gasteiger partial charge in [-0.2, -0.15) is 0 Å². The van der Waals surface area contributed by atoms with E-state index in [2.05, 4.69) is 34.5 Å². The fraction of sp³-hybridized carbons (Fsp3) is 0.625. The summed E-state index contributed by atoms with van der Waals surface area (Å²) in [6.07, 6.45) is 5.30. The fourth-order valence-corrected chi connectivity index (χ4v) is 3.13. The van der Waals surface area contributed by atoms with E-state index in [1.54, 1.807) is 18.4 Å². The third-order valence-corrected chi connectivity index (χ3v) is 4.42. The summed E-state index contributed by atoms with van der Waals surface area (Å²) in [6, 6.07) is 0. The lowest BCUT2D eigenvalue weighted by Crippen LogP contribution is -2.39. The van der Waals surface area contributed by atoms with E-state index in [4.69, 9.17) is 4.74 Å². The van der Waals surface area contributed by atoms with Crippen molar-refractivity contribution >= 4 is 46.2 Å². The van der Waals surface area contributed by atoms with Crippen LogP contribution >= 0.6 is 35.3 Å². The lowest BCUT2D eigenvalue weighted by Gasteiger charge is -2.21. The number of fused-ring (bicyclic) bond motifs is 1. The first-order chi connectivity index (χ1) is 11.1. The highest BCUT2D eigenvalue weighted by atomic mass is 127. The maximum atomic E-state index is 5.76. The zero-order valence-electron chi connectivity index (χ0n) is 14.8. The van der Waals surface area contributed by atoms with Crippen molar-refractivity contribution in [3.8, 4) is 0 Å². The van der Waals surface area contributed by atoms with E-state index in [0.717, 1.165) is 36.2 Å². The Bertz CT molecular complexity index is 596. The van der Waals surface area contributed by atoms with Crippen LogP contribution in [-0.4, -0.2) is 41.6 Å². The van der Waals surface area contributed by atoms with Gasteiger partial charge in [-0.15, -0.1) is 35.3 Å². The van der Waals surface area contributed by atoms with Crippen LogP contribution in [0.1, 0.15) is 32.9 Å². The topological polar surface area (TPSA) is 63.0 Å². The number of nitrogens with zero attached hydrogens (tertiary/aromatic N) is 3. The molecule has 0 amide bonds. The van der Waals surface area contributed by atoms with E-state index in [1.807, 2.05) is 29.1 Å². The van der Waals surface area contributed by atoms with Crippen molar-refractivity contribution in [3.63, 3.8) is 0 Å². The molecule has 0 saturated heterocycles. The second kappa shape index (κ2) is 10.9. The number of halogens is 1. The van der Waals surface area contributed by atoms with Gasteiger partial charge < -0.3 is 15.4 Å². The van der Waals surface area contributed by atoms with Gasteiger partial charge in [0.25, 0.3) is 0 Å². The van der Waals surface area contributed by atoms with Crippen LogP contribution in [0.15, 0.2) is 22.8 Å². The zero-order valence-corrected chi connectivity index (χ0v) is 17.9. The standard InChI is InChI=1S/C16H27N5OS.HI/c1-5-22-14(12(2)3)6-7-18-15(17-4)19-10-13-11-21-8-9-23-16(21)20-13;/h8-9,11-12,14H,5-7,10H2,1-4H3,(H2,17,18,19);1H. The second-order valence-corrected chi connectivity index (χ2v) is 6.58. The Hall–Kier alpha value is -0.870. The molecule has 0 aliphatic carbocycles. The van der Waals surface area contributed by atoms with Gasteiger partial charge in [-0.25, -0.2) is 4.98 Å². The minimum atomic E-state index is 0. The maximum absolute atomic E-state index is 5.76. The molecule has 136 valence electrons. The van der Waals surface area contributed by atoms with Crippen LogP contribution in [0, 0.1) is 5.92 Å². The first-order valence-electron chi connectivity index (χ1n) is 8.11. The van der Waals surface area contributed by atoms with E-state index in [9.17, 15) is 0 Å². The number of hydrogen-bond donors (Lipinski definition) is 2. The SMILES string of the molecule is CCOC(CCNC(=NC)NCc1cn2ccsc2n1)C(C)C.I. The largest absolute Gasteiger partial charge is 0.378 e. The van der Waals surface area contributed by atoms with Crippen LogP contribution in [0.25, 0.3) is 4.96 Å². The highest BCUT2D eigenvalue weighted by Crippen LogP contribution is 2.11. The van der Waals surface area contributed by atoms with E-state index in [-0.39, 0.29) is 30.1 Å². The summed E-state index contributed by atoms with van der Waals surface area (Å²) >= 11 is 1.64. The molecule has 0 radical (unpaired) electrons. The molecule has 2 N–H and O–H groups in total. The summed E-state index contributed by atoms with van der Waals surface area (Å²) in [7, 11) is 1.78. The third kappa shape index (κ3) is 6.21. The van der Waals surface area contributed by atoms with Crippen LogP contribution in [0.2, 0.25) is 0 Å². The molecule has 2 aromatic heterocycles. The normalized spacial score (nSPS) is 13.1. The van der Waals surface area contributed by atoms with Crippen molar-refractivity contribution < 1.29 is 4.74 Å².